The molecule has 1 aliphatic rings. The van der Waals surface area contributed by atoms with Crippen LogP contribution in [0.5, 0.6) is 0 Å². The number of carbonyl (C=O) groups is 2. The summed E-state index contributed by atoms with van der Waals surface area (Å²) in [6.45, 7) is 4.27. The van der Waals surface area contributed by atoms with Crippen molar-refractivity contribution in [3.8, 4) is 0 Å². The number of amides is 2. The van der Waals surface area contributed by atoms with Crippen molar-refractivity contribution in [2.45, 2.75) is 32.4 Å². The van der Waals surface area contributed by atoms with E-state index in [4.69, 9.17) is 0 Å². The van der Waals surface area contributed by atoms with E-state index in [1.54, 1.807) is 7.05 Å². The third-order valence-electron chi connectivity index (χ3n) is 3.91. The molecule has 1 saturated heterocycles. The van der Waals surface area contributed by atoms with Gasteiger partial charge in [-0.2, -0.15) is 0 Å². The van der Waals surface area contributed by atoms with Crippen LogP contribution in [0.2, 0.25) is 0 Å². The van der Waals surface area contributed by atoms with Crippen LogP contribution in [0.3, 0.4) is 0 Å². The number of hydrogen-bond donors (Lipinski definition) is 3. The first-order chi connectivity index (χ1) is 10.4. The first-order valence-corrected chi connectivity index (χ1v) is 7.41. The number of rotatable bonds is 4. The van der Waals surface area contributed by atoms with E-state index in [0.717, 1.165) is 16.8 Å². The van der Waals surface area contributed by atoms with E-state index >= 15 is 0 Å². The van der Waals surface area contributed by atoms with Crippen molar-refractivity contribution in [3.63, 3.8) is 0 Å². The van der Waals surface area contributed by atoms with Gasteiger partial charge in [0.15, 0.2) is 0 Å². The van der Waals surface area contributed by atoms with Gasteiger partial charge < -0.3 is 20.6 Å². The van der Waals surface area contributed by atoms with Crippen LogP contribution in [0.15, 0.2) is 18.2 Å². The Labute approximate surface area is 130 Å². The predicted molar refractivity (Wildman–Crippen MR) is 84.6 cm³/mol. The zero-order valence-corrected chi connectivity index (χ0v) is 13.2. The second-order valence-corrected chi connectivity index (χ2v) is 5.86. The number of para-hydroxylation sites is 1. The summed E-state index contributed by atoms with van der Waals surface area (Å²) in [4.78, 5) is 25.7. The number of carbonyl (C=O) groups excluding carboxylic acids is 2. The van der Waals surface area contributed by atoms with Gasteiger partial charge in [-0.1, -0.05) is 18.2 Å². The number of nitrogens with zero attached hydrogens (tertiary/aromatic N) is 1. The third kappa shape index (κ3) is 3.84. The van der Waals surface area contributed by atoms with E-state index in [1.807, 2.05) is 32.0 Å². The van der Waals surface area contributed by atoms with Gasteiger partial charge in [0, 0.05) is 19.3 Å². The molecule has 1 aliphatic heterocycles. The molecule has 0 radical (unpaired) electrons. The first kappa shape index (κ1) is 16.5. The molecule has 1 fully saturated rings. The summed E-state index contributed by atoms with van der Waals surface area (Å²) < 4.78 is 0. The second kappa shape index (κ2) is 6.89. The first-order valence-electron chi connectivity index (χ1n) is 7.41. The maximum absolute atomic E-state index is 12.2. The Balaban J connectivity index is 1.93. The number of hydrogen-bond acceptors (Lipinski definition) is 4. The van der Waals surface area contributed by atoms with Crippen molar-refractivity contribution in [1.82, 2.24) is 10.2 Å². The number of aliphatic hydroxyl groups is 1. The Kier molecular flexibility index (Phi) is 5.15. The van der Waals surface area contributed by atoms with E-state index in [9.17, 15) is 14.7 Å². The summed E-state index contributed by atoms with van der Waals surface area (Å²) in [5.41, 5.74) is 2.77. The largest absolute Gasteiger partial charge is 0.392 e. The fourth-order valence-electron chi connectivity index (χ4n) is 2.66. The number of aryl methyl sites for hydroxylation is 2. The lowest BCUT2D eigenvalue weighted by Gasteiger charge is -2.21. The monoisotopic (exact) mass is 305 g/mol. The van der Waals surface area contributed by atoms with E-state index in [0.29, 0.717) is 13.0 Å². The average Bonchev–Trinajstić information content (AvgIpc) is 2.88. The van der Waals surface area contributed by atoms with Crippen LogP contribution in [-0.2, 0) is 9.59 Å². The van der Waals surface area contributed by atoms with Crippen molar-refractivity contribution in [2.75, 3.05) is 25.5 Å². The van der Waals surface area contributed by atoms with Gasteiger partial charge in [0.1, 0.15) is 0 Å². The SMILES string of the molecule is Cc1cccc(C)c1NC(=O)CN(C)C(=O)C1CC(O)CN1. The van der Waals surface area contributed by atoms with Gasteiger partial charge in [0.2, 0.25) is 11.8 Å². The van der Waals surface area contributed by atoms with E-state index in [-0.39, 0.29) is 18.4 Å². The molecule has 0 saturated carbocycles. The average molecular weight is 305 g/mol. The third-order valence-corrected chi connectivity index (χ3v) is 3.91. The molecule has 22 heavy (non-hydrogen) atoms. The molecule has 6 nitrogen and oxygen atoms in total. The van der Waals surface area contributed by atoms with E-state index in [2.05, 4.69) is 10.6 Å². The Morgan fingerprint density at radius 3 is 2.55 bits per heavy atom. The van der Waals surface area contributed by atoms with Crippen LogP contribution in [0.4, 0.5) is 5.69 Å². The maximum atomic E-state index is 12.2. The lowest BCUT2D eigenvalue weighted by molar-refractivity contribution is -0.134. The Hall–Kier alpha value is -1.92. The van der Waals surface area contributed by atoms with Gasteiger partial charge in [-0.05, 0) is 31.4 Å². The van der Waals surface area contributed by atoms with Crippen LogP contribution in [0.1, 0.15) is 17.5 Å². The molecular formula is C16H23N3O3. The van der Waals surface area contributed by atoms with Gasteiger partial charge in [-0.15, -0.1) is 0 Å². The van der Waals surface area contributed by atoms with E-state index < -0.39 is 12.1 Å². The zero-order chi connectivity index (χ0) is 16.3. The lowest BCUT2D eigenvalue weighted by atomic mass is 10.1. The highest BCUT2D eigenvalue weighted by molar-refractivity contribution is 5.96. The van der Waals surface area contributed by atoms with Crippen molar-refractivity contribution in [1.29, 1.82) is 0 Å². The molecule has 2 amide bonds. The van der Waals surface area contributed by atoms with Gasteiger partial charge in [0.05, 0.1) is 18.7 Å². The number of likely N-dealkylation sites (N-methyl/N-ethyl adjacent to an activating group) is 1. The number of anilines is 1. The summed E-state index contributed by atoms with van der Waals surface area (Å²) in [5.74, 6) is -0.403. The van der Waals surface area contributed by atoms with Crippen LogP contribution in [0, 0.1) is 13.8 Å². The van der Waals surface area contributed by atoms with Gasteiger partial charge >= 0.3 is 0 Å². The Morgan fingerprint density at radius 2 is 2.00 bits per heavy atom. The highest BCUT2D eigenvalue weighted by Gasteiger charge is 2.30. The van der Waals surface area contributed by atoms with Gasteiger partial charge in [0.25, 0.3) is 0 Å². The zero-order valence-electron chi connectivity index (χ0n) is 13.2. The van der Waals surface area contributed by atoms with Crippen molar-refractivity contribution in [2.24, 2.45) is 0 Å². The van der Waals surface area contributed by atoms with Crippen molar-refractivity contribution < 1.29 is 14.7 Å². The molecule has 1 aromatic rings. The number of aliphatic hydroxyl groups excluding tert-OH is 1. The molecule has 0 bridgehead atoms. The molecule has 1 aromatic carbocycles. The molecule has 120 valence electrons. The summed E-state index contributed by atoms with van der Waals surface area (Å²) in [6, 6.07) is 5.39. The minimum absolute atomic E-state index is 0.0130. The minimum Gasteiger partial charge on any atom is -0.392 e. The number of benzene rings is 1. The van der Waals surface area contributed by atoms with Crippen LogP contribution in [0.25, 0.3) is 0 Å². The highest BCUT2D eigenvalue weighted by Crippen LogP contribution is 2.19. The predicted octanol–water partition coefficient (Wildman–Crippen LogP) is 0.423. The molecule has 2 rings (SSSR count). The molecule has 1 heterocycles. The maximum Gasteiger partial charge on any atom is 0.243 e. The minimum atomic E-state index is -0.495. The summed E-state index contributed by atoms with van der Waals surface area (Å²) in [6.07, 6.45) is -0.104. The Morgan fingerprint density at radius 1 is 1.36 bits per heavy atom. The molecular weight excluding hydrogens is 282 g/mol. The van der Waals surface area contributed by atoms with E-state index in [1.165, 1.54) is 4.90 Å². The van der Waals surface area contributed by atoms with Crippen molar-refractivity contribution in [3.05, 3.63) is 29.3 Å². The Bertz CT molecular complexity index is 554. The fourth-order valence-corrected chi connectivity index (χ4v) is 2.66. The molecule has 6 heteroatoms. The topological polar surface area (TPSA) is 81.7 Å². The smallest absolute Gasteiger partial charge is 0.243 e. The molecule has 2 atom stereocenters. The van der Waals surface area contributed by atoms with Crippen LogP contribution in [-0.4, -0.2) is 54.1 Å². The normalized spacial score (nSPS) is 20.7. The van der Waals surface area contributed by atoms with Crippen LogP contribution >= 0.6 is 0 Å². The molecule has 0 spiro atoms. The van der Waals surface area contributed by atoms with Crippen molar-refractivity contribution >= 4 is 17.5 Å². The quantitative estimate of drug-likeness (QED) is 0.753. The summed E-state index contributed by atoms with van der Waals surface area (Å²) >= 11 is 0. The fraction of sp³-hybridized carbons (Fsp3) is 0.500. The second-order valence-electron chi connectivity index (χ2n) is 5.86. The van der Waals surface area contributed by atoms with Gasteiger partial charge in [-0.3, -0.25) is 9.59 Å². The van der Waals surface area contributed by atoms with Crippen LogP contribution < -0.4 is 10.6 Å². The number of β-amino-alcohol motifs (C(OH)–C–C–N with tert-alkyl or cyclic N) is 1. The molecule has 0 aromatic heterocycles. The summed E-state index contributed by atoms with van der Waals surface area (Å²) in [5, 5.41) is 15.3. The van der Waals surface area contributed by atoms with Gasteiger partial charge in [-0.25, -0.2) is 0 Å². The highest BCUT2D eigenvalue weighted by atomic mass is 16.3. The molecule has 3 N–H and O–H groups in total. The molecule has 0 aliphatic carbocycles. The lowest BCUT2D eigenvalue weighted by Crippen LogP contribution is -2.44. The summed E-state index contributed by atoms with van der Waals surface area (Å²) in [7, 11) is 1.60. The molecule has 2 unspecified atom stereocenters. The standard InChI is InChI=1S/C16H23N3O3/c1-10-5-4-6-11(2)15(10)18-14(21)9-19(3)16(22)13-7-12(20)8-17-13/h4-6,12-13,17,20H,7-9H2,1-3H3,(H,18,21). The number of nitrogens with one attached hydrogen (secondary N) is 2.